The van der Waals surface area contributed by atoms with Crippen LogP contribution in [0.1, 0.15) is 48.6 Å². The highest BCUT2D eigenvalue weighted by Crippen LogP contribution is 2.31. The molecule has 0 bridgehead atoms. The Bertz CT molecular complexity index is 1080. The minimum Gasteiger partial charge on any atom is -0.341 e. The van der Waals surface area contributed by atoms with Crippen molar-refractivity contribution in [1.82, 2.24) is 25.6 Å². The van der Waals surface area contributed by atoms with E-state index in [0.717, 1.165) is 42.3 Å². The van der Waals surface area contributed by atoms with Crippen LogP contribution >= 0.6 is 11.3 Å². The molecule has 2 fully saturated rings. The molecule has 5 nitrogen and oxygen atoms in total. The van der Waals surface area contributed by atoms with Gasteiger partial charge < -0.3 is 15.6 Å². The van der Waals surface area contributed by atoms with E-state index < -0.39 is 0 Å². The number of nitrogens with zero attached hydrogens (tertiary/aromatic N) is 2. The van der Waals surface area contributed by atoms with Crippen LogP contribution in [0.4, 0.5) is 0 Å². The average molecular weight is 442 g/mol. The smallest absolute Gasteiger partial charge is 0.123 e. The lowest BCUT2D eigenvalue weighted by molar-refractivity contribution is 0.613. The minimum atomic E-state index is 0.366. The molecule has 6 rings (SSSR count). The molecule has 2 aromatic carbocycles. The fourth-order valence-corrected chi connectivity index (χ4v) is 5.67. The number of imidazole rings is 1. The van der Waals surface area contributed by atoms with Crippen LogP contribution in [-0.2, 0) is 0 Å². The first-order valence-corrected chi connectivity index (χ1v) is 12.4. The second-order valence-electron chi connectivity index (χ2n) is 8.71. The molecule has 4 heterocycles. The van der Waals surface area contributed by atoms with Crippen molar-refractivity contribution in [3.8, 4) is 33.6 Å². The fourth-order valence-electron chi connectivity index (χ4n) is 4.73. The van der Waals surface area contributed by atoms with Crippen molar-refractivity contribution in [3.05, 3.63) is 70.9 Å². The molecule has 0 unspecified atom stereocenters. The standard InChI is InChI=1S/C26H27N5S/c1-3-21(27-13-1)25-29-15-23(30-25)19-9-5-17(6-10-19)18-7-11-20(12-8-18)24-16-32-26(31-24)22-4-2-14-28-22/h5-12,15-16,21-22,27-28H,1-4,13-14H2,(H,29,30)/t21-,22-/m0/s1. The molecule has 2 aromatic heterocycles. The van der Waals surface area contributed by atoms with Gasteiger partial charge >= 0.3 is 0 Å². The molecule has 4 aromatic rings. The predicted octanol–water partition coefficient (Wildman–Crippen LogP) is 5.72. The second kappa shape index (κ2) is 8.62. The van der Waals surface area contributed by atoms with Gasteiger partial charge in [-0.3, -0.25) is 0 Å². The summed E-state index contributed by atoms with van der Waals surface area (Å²) in [6.07, 6.45) is 6.75. The van der Waals surface area contributed by atoms with Crippen LogP contribution in [0.15, 0.2) is 60.1 Å². The highest BCUT2D eigenvalue weighted by Gasteiger charge is 2.20. The van der Waals surface area contributed by atoms with Crippen LogP contribution in [0.2, 0.25) is 0 Å². The van der Waals surface area contributed by atoms with Gasteiger partial charge in [-0.05, 0) is 55.5 Å². The summed E-state index contributed by atoms with van der Waals surface area (Å²) in [6, 6.07) is 18.3. The van der Waals surface area contributed by atoms with Gasteiger partial charge in [-0.25, -0.2) is 9.97 Å². The van der Waals surface area contributed by atoms with Gasteiger partial charge in [0.05, 0.1) is 29.7 Å². The lowest BCUT2D eigenvalue weighted by atomic mass is 10.0. The number of H-pyrrole nitrogens is 1. The lowest BCUT2D eigenvalue weighted by Crippen LogP contribution is -2.14. The van der Waals surface area contributed by atoms with Gasteiger partial charge in [0, 0.05) is 10.9 Å². The zero-order chi connectivity index (χ0) is 21.3. The number of rotatable bonds is 5. The number of hydrogen-bond donors (Lipinski definition) is 3. The summed E-state index contributed by atoms with van der Waals surface area (Å²) in [4.78, 5) is 13.0. The molecule has 2 aliphatic rings. The SMILES string of the molecule is c1cc(-c2csc([C@@H]3CCCN3)n2)ccc1-c1ccc(-c2cnc([C@@H]3CCCN3)[nH]2)cc1. The molecule has 0 saturated carbocycles. The Kier molecular flexibility index (Phi) is 5.35. The third-order valence-corrected chi connectivity index (χ3v) is 7.53. The number of thiazole rings is 1. The molecule has 0 radical (unpaired) electrons. The molecule has 0 aliphatic carbocycles. The molecule has 0 amide bonds. The van der Waals surface area contributed by atoms with Gasteiger partial charge in [0.25, 0.3) is 0 Å². The summed E-state index contributed by atoms with van der Waals surface area (Å²) in [5, 5.41) is 10.4. The Morgan fingerprint density at radius 1 is 0.750 bits per heavy atom. The maximum atomic E-state index is 4.88. The highest BCUT2D eigenvalue weighted by atomic mass is 32.1. The van der Waals surface area contributed by atoms with E-state index >= 15 is 0 Å². The van der Waals surface area contributed by atoms with Crippen molar-refractivity contribution in [2.75, 3.05) is 13.1 Å². The molecular formula is C26H27N5S. The van der Waals surface area contributed by atoms with Crippen LogP contribution in [-0.4, -0.2) is 28.0 Å². The van der Waals surface area contributed by atoms with E-state index in [1.807, 2.05) is 6.20 Å². The molecule has 162 valence electrons. The van der Waals surface area contributed by atoms with Crippen molar-refractivity contribution in [2.45, 2.75) is 37.8 Å². The molecule has 6 heteroatoms. The number of hydrogen-bond acceptors (Lipinski definition) is 5. The van der Waals surface area contributed by atoms with Crippen LogP contribution in [0.3, 0.4) is 0 Å². The summed E-state index contributed by atoms with van der Waals surface area (Å²) in [5.74, 6) is 1.05. The van der Waals surface area contributed by atoms with E-state index in [9.17, 15) is 0 Å². The fraction of sp³-hybridized carbons (Fsp3) is 0.308. The number of nitrogens with one attached hydrogen (secondary N) is 3. The van der Waals surface area contributed by atoms with Gasteiger partial charge in [-0.2, -0.15) is 0 Å². The van der Waals surface area contributed by atoms with Crippen molar-refractivity contribution >= 4 is 11.3 Å². The number of benzene rings is 2. The summed E-state index contributed by atoms with van der Waals surface area (Å²) >= 11 is 1.77. The van der Waals surface area contributed by atoms with Crippen LogP contribution in [0.5, 0.6) is 0 Å². The van der Waals surface area contributed by atoms with Gasteiger partial charge in [-0.1, -0.05) is 48.5 Å². The van der Waals surface area contributed by atoms with Gasteiger partial charge in [0.2, 0.25) is 0 Å². The van der Waals surface area contributed by atoms with Gasteiger partial charge in [0.15, 0.2) is 0 Å². The lowest BCUT2D eigenvalue weighted by Gasteiger charge is -2.07. The zero-order valence-corrected chi connectivity index (χ0v) is 18.8. The first-order chi connectivity index (χ1) is 15.8. The third kappa shape index (κ3) is 3.90. The van der Waals surface area contributed by atoms with Crippen LogP contribution in [0.25, 0.3) is 33.6 Å². The van der Waals surface area contributed by atoms with Crippen molar-refractivity contribution in [2.24, 2.45) is 0 Å². The van der Waals surface area contributed by atoms with E-state index in [-0.39, 0.29) is 0 Å². The second-order valence-corrected chi connectivity index (χ2v) is 9.60. The Labute approximate surface area is 192 Å². The summed E-state index contributed by atoms with van der Waals surface area (Å²) < 4.78 is 0. The summed E-state index contributed by atoms with van der Waals surface area (Å²) in [6.45, 7) is 2.18. The quantitative estimate of drug-likeness (QED) is 0.371. The maximum Gasteiger partial charge on any atom is 0.123 e. The number of aromatic amines is 1. The van der Waals surface area contributed by atoms with Gasteiger partial charge in [-0.15, -0.1) is 11.3 Å². The Morgan fingerprint density at radius 2 is 1.38 bits per heavy atom. The largest absolute Gasteiger partial charge is 0.341 e. The van der Waals surface area contributed by atoms with E-state index in [1.54, 1.807) is 11.3 Å². The van der Waals surface area contributed by atoms with Crippen molar-refractivity contribution in [1.29, 1.82) is 0 Å². The van der Waals surface area contributed by atoms with Crippen molar-refractivity contribution in [3.63, 3.8) is 0 Å². The van der Waals surface area contributed by atoms with Crippen LogP contribution < -0.4 is 10.6 Å². The Hall–Kier alpha value is -2.80. The molecule has 3 N–H and O–H groups in total. The summed E-state index contributed by atoms with van der Waals surface area (Å²) in [7, 11) is 0. The first kappa shape index (κ1) is 19.9. The third-order valence-electron chi connectivity index (χ3n) is 6.58. The topological polar surface area (TPSA) is 65.6 Å². The van der Waals surface area contributed by atoms with Crippen LogP contribution in [0, 0.1) is 0 Å². The normalized spacial score (nSPS) is 20.8. The van der Waals surface area contributed by atoms with E-state index in [0.29, 0.717) is 12.1 Å². The predicted molar refractivity (Wildman–Crippen MR) is 131 cm³/mol. The molecule has 0 spiro atoms. The Balaban J connectivity index is 1.17. The van der Waals surface area contributed by atoms with E-state index in [4.69, 9.17) is 4.98 Å². The molecule has 32 heavy (non-hydrogen) atoms. The minimum absolute atomic E-state index is 0.366. The maximum absolute atomic E-state index is 4.88. The molecule has 2 aliphatic heterocycles. The Morgan fingerprint density at radius 3 is 2.03 bits per heavy atom. The molecule has 2 saturated heterocycles. The number of aromatic nitrogens is 3. The highest BCUT2D eigenvalue weighted by molar-refractivity contribution is 7.10. The summed E-state index contributed by atoms with van der Waals surface area (Å²) in [5.41, 5.74) is 6.92. The molecular weight excluding hydrogens is 414 g/mol. The van der Waals surface area contributed by atoms with Gasteiger partial charge in [0.1, 0.15) is 10.8 Å². The van der Waals surface area contributed by atoms with E-state index in [1.165, 1.54) is 41.0 Å². The zero-order valence-electron chi connectivity index (χ0n) is 18.0. The van der Waals surface area contributed by atoms with E-state index in [2.05, 4.69) is 74.5 Å². The molecule has 2 atom stereocenters. The monoisotopic (exact) mass is 441 g/mol. The first-order valence-electron chi connectivity index (χ1n) is 11.5. The average Bonchev–Trinajstić information content (AvgIpc) is 3.66. The van der Waals surface area contributed by atoms with Crippen molar-refractivity contribution < 1.29 is 0 Å².